The van der Waals surface area contributed by atoms with Crippen LogP contribution in [0.15, 0.2) is 18.2 Å². The standard InChI is InChI=1S/C7H9FN2.2ClH/c1-5(9)6-3-2-4-7(8)10-6;;/h2-5H,9H2,1H3;2*1H/t5-;;/m1../s1. The smallest absolute Gasteiger partial charge is 0.213 e. The first-order valence-electron chi connectivity index (χ1n) is 3.08. The van der Waals surface area contributed by atoms with Gasteiger partial charge in [0.1, 0.15) is 0 Å². The summed E-state index contributed by atoms with van der Waals surface area (Å²) in [6, 6.07) is 4.40. The molecule has 1 heterocycles. The number of aromatic nitrogens is 1. The molecule has 0 unspecified atom stereocenters. The van der Waals surface area contributed by atoms with Gasteiger partial charge in [-0.2, -0.15) is 4.39 Å². The molecule has 0 saturated carbocycles. The van der Waals surface area contributed by atoms with E-state index in [1.165, 1.54) is 6.07 Å². The van der Waals surface area contributed by atoms with Crippen molar-refractivity contribution in [1.82, 2.24) is 4.98 Å². The van der Waals surface area contributed by atoms with Crippen molar-refractivity contribution in [2.45, 2.75) is 13.0 Å². The molecule has 0 spiro atoms. The maximum atomic E-state index is 12.4. The minimum atomic E-state index is -0.477. The molecule has 1 atom stereocenters. The Kier molecular flexibility index (Phi) is 7.28. The van der Waals surface area contributed by atoms with Crippen LogP contribution in [0.3, 0.4) is 0 Å². The largest absolute Gasteiger partial charge is 0.323 e. The Labute approximate surface area is 83.2 Å². The molecule has 12 heavy (non-hydrogen) atoms. The summed E-state index contributed by atoms with van der Waals surface area (Å²) in [5.74, 6) is -0.477. The van der Waals surface area contributed by atoms with Gasteiger partial charge in [0.2, 0.25) is 5.95 Å². The third-order valence-electron chi connectivity index (χ3n) is 1.20. The van der Waals surface area contributed by atoms with E-state index < -0.39 is 5.95 Å². The molecule has 0 aliphatic rings. The van der Waals surface area contributed by atoms with Gasteiger partial charge in [-0.1, -0.05) is 6.07 Å². The Bertz CT molecular complexity index is 230. The van der Waals surface area contributed by atoms with Crippen molar-refractivity contribution in [2.75, 3.05) is 0 Å². The number of nitrogens with zero attached hydrogens (tertiary/aromatic N) is 1. The van der Waals surface area contributed by atoms with Gasteiger partial charge in [-0.3, -0.25) is 0 Å². The van der Waals surface area contributed by atoms with Crippen LogP contribution in [0, 0.1) is 5.95 Å². The second kappa shape index (κ2) is 6.17. The molecule has 0 aromatic carbocycles. The van der Waals surface area contributed by atoms with Gasteiger partial charge in [-0.15, -0.1) is 24.8 Å². The van der Waals surface area contributed by atoms with E-state index in [2.05, 4.69) is 4.98 Å². The van der Waals surface area contributed by atoms with Crippen molar-refractivity contribution in [3.8, 4) is 0 Å². The summed E-state index contributed by atoms with van der Waals surface area (Å²) in [6.45, 7) is 1.77. The van der Waals surface area contributed by atoms with E-state index in [-0.39, 0.29) is 30.9 Å². The molecule has 0 aliphatic carbocycles. The molecule has 1 aromatic rings. The predicted octanol–water partition coefficient (Wildman–Crippen LogP) is 2.08. The van der Waals surface area contributed by atoms with Gasteiger partial charge in [0.15, 0.2) is 0 Å². The van der Waals surface area contributed by atoms with E-state index in [4.69, 9.17) is 5.73 Å². The van der Waals surface area contributed by atoms with Crippen molar-refractivity contribution in [3.05, 3.63) is 29.8 Å². The van der Waals surface area contributed by atoms with Crippen molar-refractivity contribution >= 4 is 24.8 Å². The van der Waals surface area contributed by atoms with Crippen LogP contribution < -0.4 is 5.73 Å². The highest BCUT2D eigenvalue weighted by Gasteiger charge is 1.99. The third kappa shape index (κ3) is 3.85. The highest BCUT2D eigenvalue weighted by molar-refractivity contribution is 5.85. The van der Waals surface area contributed by atoms with Gasteiger partial charge in [-0.25, -0.2) is 4.98 Å². The fourth-order valence-electron chi connectivity index (χ4n) is 0.678. The predicted molar refractivity (Wildman–Crippen MR) is 51.3 cm³/mol. The van der Waals surface area contributed by atoms with Crippen LogP contribution in [0.1, 0.15) is 18.7 Å². The summed E-state index contributed by atoms with van der Waals surface area (Å²) in [7, 11) is 0. The first-order chi connectivity index (χ1) is 4.70. The lowest BCUT2D eigenvalue weighted by molar-refractivity contribution is 0.569. The zero-order valence-corrected chi connectivity index (χ0v) is 8.16. The van der Waals surface area contributed by atoms with Crippen molar-refractivity contribution in [1.29, 1.82) is 0 Å². The summed E-state index contributed by atoms with van der Waals surface area (Å²) >= 11 is 0. The molecular weight excluding hydrogens is 202 g/mol. The van der Waals surface area contributed by atoms with Gasteiger partial charge in [0.05, 0.1) is 5.69 Å². The van der Waals surface area contributed by atoms with E-state index in [1.807, 2.05) is 0 Å². The minimum Gasteiger partial charge on any atom is -0.323 e. The Morgan fingerprint density at radius 3 is 2.33 bits per heavy atom. The lowest BCUT2D eigenvalue weighted by atomic mass is 10.2. The van der Waals surface area contributed by atoms with Crippen LogP contribution in [-0.4, -0.2) is 4.98 Å². The molecule has 0 bridgehead atoms. The molecule has 1 aromatic heterocycles. The van der Waals surface area contributed by atoms with E-state index >= 15 is 0 Å². The molecule has 2 N–H and O–H groups in total. The molecule has 1 rings (SSSR count). The Morgan fingerprint density at radius 2 is 2.00 bits per heavy atom. The monoisotopic (exact) mass is 212 g/mol. The second-order valence-corrected chi connectivity index (χ2v) is 2.17. The van der Waals surface area contributed by atoms with Crippen LogP contribution in [0.4, 0.5) is 4.39 Å². The van der Waals surface area contributed by atoms with Gasteiger partial charge in [0, 0.05) is 6.04 Å². The van der Waals surface area contributed by atoms with E-state index in [0.717, 1.165) is 0 Å². The van der Waals surface area contributed by atoms with Crippen LogP contribution in [0.5, 0.6) is 0 Å². The summed E-state index contributed by atoms with van der Waals surface area (Å²) in [5.41, 5.74) is 6.04. The van der Waals surface area contributed by atoms with Crippen molar-refractivity contribution in [2.24, 2.45) is 5.73 Å². The summed E-state index contributed by atoms with van der Waals surface area (Å²) in [5, 5.41) is 0. The van der Waals surface area contributed by atoms with Crippen LogP contribution in [0.2, 0.25) is 0 Å². The van der Waals surface area contributed by atoms with Crippen molar-refractivity contribution < 1.29 is 4.39 Å². The molecule has 0 saturated heterocycles. The number of hydrogen-bond acceptors (Lipinski definition) is 2. The molecule has 0 fully saturated rings. The Morgan fingerprint density at radius 1 is 1.42 bits per heavy atom. The maximum absolute atomic E-state index is 12.4. The molecule has 70 valence electrons. The molecule has 5 heteroatoms. The molecule has 0 radical (unpaired) electrons. The average Bonchev–Trinajstić information content (AvgIpc) is 1.88. The first-order valence-corrected chi connectivity index (χ1v) is 3.08. The molecule has 0 aliphatic heterocycles. The average molecular weight is 213 g/mol. The second-order valence-electron chi connectivity index (χ2n) is 2.17. The van der Waals surface area contributed by atoms with Crippen molar-refractivity contribution in [3.63, 3.8) is 0 Å². The summed E-state index contributed by atoms with van der Waals surface area (Å²) in [4.78, 5) is 3.58. The SMILES string of the molecule is C[C@@H](N)c1cccc(F)n1.Cl.Cl. The zero-order valence-electron chi connectivity index (χ0n) is 6.53. The molecule has 2 nitrogen and oxygen atoms in total. The van der Waals surface area contributed by atoms with Gasteiger partial charge < -0.3 is 5.73 Å². The maximum Gasteiger partial charge on any atom is 0.213 e. The fourth-order valence-corrected chi connectivity index (χ4v) is 0.678. The zero-order chi connectivity index (χ0) is 7.56. The van der Waals surface area contributed by atoms with Gasteiger partial charge >= 0.3 is 0 Å². The van der Waals surface area contributed by atoms with Gasteiger partial charge in [-0.05, 0) is 19.1 Å². The lowest BCUT2D eigenvalue weighted by Crippen LogP contribution is -2.07. The Balaban J connectivity index is 0. The first kappa shape index (κ1) is 14.2. The molecular formula is C7H11Cl2FN2. The number of pyridine rings is 1. The third-order valence-corrected chi connectivity index (χ3v) is 1.20. The lowest BCUT2D eigenvalue weighted by Gasteiger charge is -2.01. The van der Waals surface area contributed by atoms with E-state index in [9.17, 15) is 4.39 Å². The topological polar surface area (TPSA) is 38.9 Å². The quantitative estimate of drug-likeness (QED) is 0.725. The number of nitrogens with two attached hydrogens (primary N) is 1. The van der Waals surface area contributed by atoms with Gasteiger partial charge in [0.25, 0.3) is 0 Å². The minimum absolute atomic E-state index is 0. The van der Waals surface area contributed by atoms with E-state index in [1.54, 1.807) is 19.1 Å². The van der Waals surface area contributed by atoms with Crippen LogP contribution in [-0.2, 0) is 0 Å². The Hall–Kier alpha value is -0.380. The highest BCUT2D eigenvalue weighted by Crippen LogP contribution is 2.05. The van der Waals surface area contributed by atoms with Crippen LogP contribution in [0.25, 0.3) is 0 Å². The number of rotatable bonds is 1. The number of hydrogen-bond donors (Lipinski definition) is 1. The molecule has 0 amide bonds. The van der Waals surface area contributed by atoms with E-state index in [0.29, 0.717) is 5.69 Å². The normalized spacial score (nSPS) is 10.9. The fraction of sp³-hybridized carbons (Fsp3) is 0.286. The summed E-state index contributed by atoms with van der Waals surface area (Å²) in [6.07, 6.45) is 0. The number of halogens is 3. The highest BCUT2D eigenvalue weighted by atomic mass is 35.5. The summed E-state index contributed by atoms with van der Waals surface area (Å²) < 4.78 is 12.4. The van der Waals surface area contributed by atoms with Crippen LogP contribution >= 0.6 is 24.8 Å².